The van der Waals surface area contributed by atoms with E-state index >= 15 is 0 Å². The largest absolute Gasteiger partial charge is 0.325 e. The monoisotopic (exact) mass is 382 g/mol. The minimum absolute atomic E-state index is 0.138. The van der Waals surface area contributed by atoms with E-state index < -0.39 is 5.82 Å². The number of anilines is 1. The molecule has 138 valence electrons. The van der Waals surface area contributed by atoms with Crippen LogP contribution in [0.5, 0.6) is 0 Å². The molecule has 0 unspecified atom stereocenters. The van der Waals surface area contributed by atoms with Crippen LogP contribution in [0.15, 0.2) is 66.3 Å². The van der Waals surface area contributed by atoms with Crippen LogP contribution in [0.4, 0.5) is 10.1 Å². The van der Waals surface area contributed by atoms with Gasteiger partial charge in [0, 0.05) is 17.8 Å². The van der Waals surface area contributed by atoms with Crippen molar-refractivity contribution < 1.29 is 9.18 Å². The van der Waals surface area contributed by atoms with Gasteiger partial charge in [-0.15, -0.1) is 16.8 Å². The number of halogens is 1. The molecule has 1 amide bonds. The third-order valence-electron chi connectivity index (χ3n) is 3.86. The van der Waals surface area contributed by atoms with Crippen LogP contribution < -0.4 is 5.32 Å². The Bertz CT molecular complexity index is 970. The van der Waals surface area contributed by atoms with Gasteiger partial charge in [-0.1, -0.05) is 48.2 Å². The van der Waals surface area contributed by atoms with Crippen molar-refractivity contribution in [2.24, 2.45) is 0 Å². The van der Waals surface area contributed by atoms with Gasteiger partial charge >= 0.3 is 0 Å². The van der Waals surface area contributed by atoms with E-state index in [0.717, 1.165) is 17.0 Å². The Hall–Kier alpha value is -2.93. The molecule has 1 heterocycles. The van der Waals surface area contributed by atoms with Gasteiger partial charge in [0.15, 0.2) is 11.0 Å². The highest BCUT2D eigenvalue weighted by molar-refractivity contribution is 7.99. The number of aryl methyl sites for hydroxylation is 1. The summed E-state index contributed by atoms with van der Waals surface area (Å²) in [7, 11) is 0. The molecule has 0 saturated carbocycles. The third-order valence-corrected chi connectivity index (χ3v) is 4.82. The molecule has 27 heavy (non-hydrogen) atoms. The standard InChI is InChI=1S/C20H19FN4OS/c1-3-11-25-19(17-10-5-4-7-14(17)2)23-24-20(25)27-13-18(26)22-16-9-6-8-15(21)12-16/h3-10,12H,1,11,13H2,2H3,(H,22,26). The first-order chi connectivity index (χ1) is 13.1. The number of allylic oxidation sites excluding steroid dienone is 1. The maximum absolute atomic E-state index is 13.2. The van der Waals surface area contributed by atoms with Crippen molar-refractivity contribution in [2.75, 3.05) is 11.1 Å². The highest BCUT2D eigenvalue weighted by Crippen LogP contribution is 2.26. The van der Waals surface area contributed by atoms with Crippen molar-refractivity contribution in [3.8, 4) is 11.4 Å². The SMILES string of the molecule is C=CCn1c(SCC(=O)Nc2cccc(F)c2)nnc1-c1ccccc1C. The molecule has 7 heteroatoms. The van der Waals surface area contributed by atoms with Crippen LogP contribution in [0.1, 0.15) is 5.56 Å². The lowest BCUT2D eigenvalue weighted by atomic mass is 10.1. The molecule has 0 aliphatic carbocycles. The Labute approximate surface area is 161 Å². The zero-order valence-electron chi connectivity index (χ0n) is 14.9. The summed E-state index contributed by atoms with van der Waals surface area (Å²) in [5, 5.41) is 11.8. The Morgan fingerprint density at radius 1 is 1.26 bits per heavy atom. The lowest BCUT2D eigenvalue weighted by Crippen LogP contribution is -2.14. The summed E-state index contributed by atoms with van der Waals surface area (Å²) in [4.78, 5) is 12.2. The summed E-state index contributed by atoms with van der Waals surface area (Å²) < 4.78 is 15.1. The number of rotatable bonds is 7. The minimum atomic E-state index is -0.394. The number of thioether (sulfide) groups is 1. The molecule has 0 spiro atoms. The first-order valence-electron chi connectivity index (χ1n) is 8.37. The Balaban J connectivity index is 1.74. The summed E-state index contributed by atoms with van der Waals surface area (Å²) in [6.45, 7) is 6.34. The predicted molar refractivity (Wildman–Crippen MR) is 106 cm³/mol. The van der Waals surface area contributed by atoms with E-state index in [1.807, 2.05) is 35.8 Å². The van der Waals surface area contributed by atoms with Gasteiger partial charge < -0.3 is 5.32 Å². The average Bonchev–Trinajstić information content (AvgIpc) is 3.03. The van der Waals surface area contributed by atoms with Crippen LogP contribution in [0.2, 0.25) is 0 Å². The quantitative estimate of drug-likeness (QED) is 0.489. The normalized spacial score (nSPS) is 10.6. The fourth-order valence-corrected chi connectivity index (χ4v) is 3.35. The molecule has 1 aromatic heterocycles. The van der Waals surface area contributed by atoms with Crippen molar-refractivity contribution in [2.45, 2.75) is 18.6 Å². The van der Waals surface area contributed by atoms with Gasteiger partial charge in [0.25, 0.3) is 0 Å². The molecular weight excluding hydrogens is 363 g/mol. The van der Waals surface area contributed by atoms with Crippen molar-refractivity contribution in [3.63, 3.8) is 0 Å². The van der Waals surface area contributed by atoms with E-state index in [9.17, 15) is 9.18 Å². The Kier molecular flexibility index (Phi) is 6.03. The summed E-state index contributed by atoms with van der Waals surface area (Å²) in [6, 6.07) is 13.7. The molecule has 0 saturated heterocycles. The number of amides is 1. The highest BCUT2D eigenvalue weighted by atomic mass is 32.2. The van der Waals surface area contributed by atoms with Crippen molar-refractivity contribution in [3.05, 3.63) is 72.6 Å². The number of carbonyl (C=O) groups excluding carboxylic acids is 1. The number of nitrogens with zero attached hydrogens (tertiary/aromatic N) is 3. The van der Waals surface area contributed by atoms with E-state index in [4.69, 9.17) is 0 Å². The van der Waals surface area contributed by atoms with Gasteiger partial charge in [-0.05, 0) is 30.7 Å². The van der Waals surface area contributed by atoms with Crippen molar-refractivity contribution in [1.82, 2.24) is 14.8 Å². The minimum Gasteiger partial charge on any atom is -0.325 e. The molecule has 0 bridgehead atoms. The van der Waals surface area contributed by atoms with Crippen molar-refractivity contribution >= 4 is 23.4 Å². The number of benzene rings is 2. The van der Waals surface area contributed by atoms with Gasteiger partial charge in [-0.25, -0.2) is 4.39 Å². The lowest BCUT2D eigenvalue weighted by molar-refractivity contribution is -0.113. The predicted octanol–water partition coefficient (Wildman–Crippen LogP) is 4.31. The molecule has 3 rings (SSSR count). The van der Waals surface area contributed by atoms with E-state index in [1.165, 1.54) is 23.9 Å². The third kappa shape index (κ3) is 4.62. The van der Waals surface area contributed by atoms with Gasteiger partial charge in [0.1, 0.15) is 5.82 Å². The van der Waals surface area contributed by atoms with Crippen molar-refractivity contribution in [1.29, 1.82) is 0 Å². The first-order valence-corrected chi connectivity index (χ1v) is 9.35. The van der Waals surface area contributed by atoms with Gasteiger partial charge in [0.05, 0.1) is 5.75 Å². The summed E-state index contributed by atoms with van der Waals surface area (Å²) in [5.41, 5.74) is 2.51. The Morgan fingerprint density at radius 2 is 2.07 bits per heavy atom. The van der Waals surface area contributed by atoms with Crippen LogP contribution in [-0.2, 0) is 11.3 Å². The number of hydrogen-bond acceptors (Lipinski definition) is 4. The maximum Gasteiger partial charge on any atom is 0.234 e. The zero-order chi connectivity index (χ0) is 19.2. The molecule has 2 aromatic carbocycles. The van der Waals surface area contributed by atoms with Crippen LogP contribution in [0, 0.1) is 12.7 Å². The molecule has 0 radical (unpaired) electrons. The second kappa shape index (κ2) is 8.64. The average molecular weight is 382 g/mol. The molecule has 0 aliphatic heterocycles. The lowest BCUT2D eigenvalue weighted by Gasteiger charge is -2.09. The number of nitrogens with one attached hydrogen (secondary N) is 1. The number of carbonyl (C=O) groups is 1. The molecule has 0 aliphatic rings. The van der Waals surface area contributed by atoms with Crippen LogP contribution in [-0.4, -0.2) is 26.4 Å². The molecule has 0 atom stereocenters. The number of aromatic nitrogens is 3. The molecular formula is C20H19FN4OS. The first kappa shape index (κ1) is 18.8. The fourth-order valence-electron chi connectivity index (χ4n) is 2.61. The second-order valence-electron chi connectivity index (χ2n) is 5.87. The summed E-state index contributed by atoms with van der Waals surface area (Å²) in [6.07, 6.45) is 1.77. The van der Waals surface area contributed by atoms with Crippen LogP contribution in [0.25, 0.3) is 11.4 Å². The Morgan fingerprint density at radius 3 is 2.81 bits per heavy atom. The summed E-state index contributed by atoms with van der Waals surface area (Å²) in [5.74, 6) is 0.241. The molecule has 0 fully saturated rings. The van der Waals surface area contributed by atoms with Crippen LogP contribution >= 0.6 is 11.8 Å². The molecule has 1 N–H and O–H groups in total. The molecule has 5 nitrogen and oxygen atoms in total. The molecule has 3 aromatic rings. The fraction of sp³-hybridized carbons (Fsp3) is 0.150. The van der Waals surface area contributed by atoms with E-state index in [1.54, 1.807) is 18.2 Å². The smallest absolute Gasteiger partial charge is 0.234 e. The zero-order valence-corrected chi connectivity index (χ0v) is 15.7. The van der Waals surface area contributed by atoms with Gasteiger partial charge in [0.2, 0.25) is 5.91 Å². The van der Waals surface area contributed by atoms with E-state index in [-0.39, 0.29) is 11.7 Å². The van der Waals surface area contributed by atoms with E-state index in [0.29, 0.717) is 17.4 Å². The highest BCUT2D eigenvalue weighted by Gasteiger charge is 2.16. The second-order valence-corrected chi connectivity index (χ2v) is 6.81. The van der Waals surface area contributed by atoms with E-state index in [2.05, 4.69) is 22.1 Å². The topological polar surface area (TPSA) is 59.8 Å². The maximum atomic E-state index is 13.2. The van der Waals surface area contributed by atoms with Gasteiger partial charge in [-0.2, -0.15) is 0 Å². The van der Waals surface area contributed by atoms with Gasteiger partial charge in [-0.3, -0.25) is 9.36 Å². The number of hydrogen-bond donors (Lipinski definition) is 1. The summed E-state index contributed by atoms with van der Waals surface area (Å²) >= 11 is 1.28. The van der Waals surface area contributed by atoms with Crippen LogP contribution in [0.3, 0.4) is 0 Å².